The molecule has 0 radical (unpaired) electrons. The fourth-order valence-corrected chi connectivity index (χ4v) is 2.35. The van der Waals surface area contributed by atoms with E-state index in [4.69, 9.17) is 22.6 Å². The lowest BCUT2D eigenvalue weighted by molar-refractivity contribution is 1.40. The van der Waals surface area contributed by atoms with E-state index in [9.17, 15) is 0 Å². The van der Waals surface area contributed by atoms with Crippen LogP contribution in [0.3, 0.4) is 0 Å². The van der Waals surface area contributed by atoms with Gasteiger partial charge >= 0.3 is 0 Å². The first-order valence-corrected chi connectivity index (χ1v) is 6.67. The largest absolute Gasteiger partial charge is 0.398 e. The van der Waals surface area contributed by atoms with E-state index >= 15 is 0 Å². The van der Waals surface area contributed by atoms with Gasteiger partial charge in [0.25, 0.3) is 0 Å². The summed E-state index contributed by atoms with van der Waals surface area (Å²) in [7, 11) is 0. The van der Waals surface area contributed by atoms with Gasteiger partial charge in [0.2, 0.25) is 0 Å². The number of nitrogens with zero attached hydrogens (tertiary/aromatic N) is 2. The average molecular weight is 295 g/mol. The van der Waals surface area contributed by atoms with E-state index in [0.717, 1.165) is 22.3 Å². The Labute approximate surface area is 126 Å². The minimum absolute atomic E-state index is 0.439. The highest BCUT2D eigenvalue weighted by Gasteiger charge is 2.07. The van der Waals surface area contributed by atoms with Crippen LogP contribution in [-0.4, -0.2) is 4.98 Å². The molecular weight excluding hydrogens is 284 g/mol. The molecule has 0 amide bonds. The van der Waals surface area contributed by atoms with E-state index < -0.39 is 0 Å². The molecule has 1 heterocycles. The van der Waals surface area contributed by atoms with Crippen LogP contribution in [0, 0.1) is 11.3 Å². The third-order valence-electron chi connectivity index (χ3n) is 3.17. The maximum atomic E-state index is 8.90. The van der Waals surface area contributed by atoms with Crippen LogP contribution < -0.4 is 11.1 Å². The fourth-order valence-electron chi connectivity index (χ4n) is 2.14. The average Bonchev–Trinajstić information content (AvgIpc) is 2.51. The Balaban J connectivity index is 2.05. The van der Waals surface area contributed by atoms with Gasteiger partial charge in [-0.3, -0.25) is 4.98 Å². The summed E-state index contributed by atoms with van der Waals surface area (Å²) in [6.45, 7) is 0. The summed E-state index contributed by atoms with van der Waals surface area (Å²) in [5, 5.41) is 13.7. The number of hydrogen-bond donors (Lipinski definition) is 2. The van der Waals surface area contributed by atoms with Crippen molar-refractivity contribution in [2.75, 3.05) is 11.1 Å². The molecule has 2 aromatic carbocycles. The third kappa shape index (κ3) is 2.47. The number of nitrogens with one attached hydrogen (secondary N) is 1. The number of hydrogen-bond acceptors (Lipinski definition) is 4. The quantitative estimate of drug-likeness (QED) is 0.698. The highest BCUT2D eigenvalue weighted by Crippen LogP contribution is 2.30. The van der Waals surface area contributed by atoms with Gasteiger partial charge in [0.1, 0.15) is 6.07 Å². The molecular formula is C16H11ClN4. The predicted octanol–water partition coefficient (Wildman–Crippen LogP) is 4.09. The molecule has 0 saturated carbocycles. The van der Waals surface area contributed by atoms with Crippen molar-refractivity contribution in [1.29, 1.82) is 5.26 Å². The molecule has 1 aromatic heterocycles. The monoisotopic (exact) mass is 294 g/mol. The summed E-state index contributed by atoms with van der Waals surface area (Å²) in [4.78, 5) is 4.36. The van der Waals surface area contributed by atoms with Crippen LogP contribution in [0.25, 0.3) is 10.9 Å². The first-order chi connectivity index (χ1) is 10.2. The molecule has 5 heteroatoms. The van der Waals surface area contributed by atoms with Crippen molar-refractivity contribution in [3.63, 3.8) is 0 Å². The van der Waals surface area contributed by atoms with Crippen LogP contribution in [0.2, 0.25) is 5.02 Å². The van der Waals surface area contributed by atoms with E-state index in [2.05, 4.69) is 10.3 Å². The summed E-state index contributed by atoms with van der Waals surface area (Å²) in [5.41, 5.74) is 9.13. The van der Waals surface area contributed by atoms with Crippen LogP contribution in [0.5, 0.6) is 0 Å². The van der Waals surface area contributed by atoms with Gasteiger partial charge in [-0.15, -0.1) is 0 Å². The Morgan fingerprint density at radius 3 is 2.81 bits per heavy atom. The van der Waals surface area contributed by atoms with E-state index in [-0.39, 0.29) is 0 Å². The Morgan fingerprint density at radius 1 is 1.19 bits per heavy atom. The van der Waals surface area contributed by atoms with Gasteiger partial charge in [-0.2, -0.15) is 5.26 Å². The maximum Gasteiger partial charge on any atom is 0.101 e. The molecule has 0 spiro atoms. The zero-order chi connectivity index (χ0) is 14.8. The SMILES string of the molecule is N#Cc1ccc(Nc2ccc(Cl)c3cccnc23)cc1N. The molecule has 0 atom stereocenters. The van der Waals surface area contributed by atoms with Crippen molar-refractivity contribution in [3.05, 3.63) is 59.2 Å². The van der Waals surface area contributed by atoms with Crippen LogP contribution in [0.15, 0.2) is 48.7 Å². The molecule has 3 aromatic rings. The van der Waals surface area contributed by atoms with Gasteiger partial charge in [-0.05, 0) is 42.5 Å². The number of aromatic nitrogens is 1. The Bertz CT molecular complexity index is 868. The number of halogens is 1. The Morgan fingerprint density at radius 2 is 2.05 bits per heavy atom. The molecule has 0 aliphatic heterocycles. The molecule has 3 rings (SSSR count). The van der Waals surface area contributed by atoms with E-state index in [1.807, 2.05) is 30.3 Å². The summed E-state index contributed by atoms with van der Waals surface area (Å²) >= 11 is 6.17. The number of pyridine rings is 1. The fraction of sp³-hybridized carbons (Fsp3) is 0. The highest BCUT2D eigenvalue weighted by atomic mass is 35.5. The lowest BCUT2D eigenvalue weighted by Gasteiger charge is -2.11. The van der Waals surface area contributed by atoms with Crippen molar-refractivity contribution in [2.24, 2.45) is 0 Å². The molecule has 0 aliphatic rings. The van der Waals surface area contributed by atoms with Crippen LogP contribution in [-0.2, 0) is 0 Å². The summed E-state index contributed by atoms with van der Waals surface area (Å²) in [5.74, 6) is 0. The van der Waals surface area contributed by atoms with Crippen molar-refractivity contribution >= 4 is 39.6 Å². The molecule has 4 nitrogen and oxygen atoms in total. The second-order valence-electron chi connectivity index (χ2n) is 4.53. The summed E-state index contributed by atoms with van der Waals surface area (Å²) in [6, 6.07) is 14.7. The highest BCUT2D eigenvalue weighted by molar-refractivity contribution is 6.35. The van der Waals surface area contributed by atoms with Crippen molar-refractivity contribution in [2.45, 2.75) is 0 Å². The van der Waals surface area contributed by atoms with Gasteiger partial charge in [0.15, 0.2) is 0 Å². The second-order valence-corrected chi connectivity index (χ2v) is 4.94. The van der Waals surface area contributed by atoms with E-state index in [0.29, 0.717) is 16.3 Å². The number of anilines is 3. The minimum atomic E-state index is 0.439. The number of nitrogens with two attached hydrogens (primary N) is 1. The Hall–Kier alpha value is -2.77. The normalized spacial score (nSPS) is 10.3. The van der Waals surface area contributed by atoms with Crippen LogP contribution >= 0.6 is 11.6 Å². The molecule has 0 fully saturated rings. The summed E-state index contributed by atoms with van der Waals surface area (Å²) in [6.07, 6.45) is 1.72. The molecule has 0 aliphatic carbocycles. The third-order valence-corrected chi connectivity index (χ3v) is 3.50. The number of fused-ring (bicyclic) bond motifs is 1. The van der Waals surface area contributed by atoms with Crippen LogP contribution in [0.4, 0.5) is 17.1 Å². The first-order valence-electron chi connectivity index (χ1n) is 6.29. The standard InChI is InChI=1S/C16H11ClN4/c17-13-5-6-15(16-12(13)2-1-7-20-16)21-11-4-3-10(9-18)14(19)8-11/h1-8,21H,19H2. The molecule has 0 saturated heterocycles. The number of nitriles is 1. The van der Waals surface area contributed by atoms with Crippen molar-refractivity contribution < 1.29 is 0 Å². The molecule has 102 valence electrons. The maximum absolute atomic E-state index is 8.90. The summed E-state index contributed by atoms with van der Waals surface area (Å²) < 4.78 is 0. The molecule has 21 heavy (non-hydrogen) atoms. The van der Waals surface area contributed by atoms with E-state index in [1.165, 1.54) is 0 Å². The Kier molecular flexibility index (Phi) is 3.35. The topological polar surface area (TPSA) is 74.7 Å². The number of rotatable bonds is 2. The van der Waals surface area contributed by atoms with Gasteiger partial charge in [0.05, 0.1) is 27.5 Å². The van der Waals surface area contributed by atoms with Gasteiger partial charge in [-0.25, -0.2) is 0 Å². The molecule has 3 N–H and O–H groups in total. The predicted molar refractivity (Wildman–Crippen MR) is 85.6 cm³/mol. The molecule has 0 unspecified atom stereocenters. The van der Waals surface area contributed by atoms with Crippen molar-refractivity contribution in [1.82, 2.24) is 4.98 Å². The zero-order valence-corrected chi connectivity index (χ0v) is 11.7. The number of benzene rings is 2. The lowest BCUT2D eigenvalue weighted by atomic mass is 10.1. The van der Waals surface area contributed by atoms with E-state index in [1.54, 1.807) is 24.4 Å². The lowest BCUT2D eigenvalue weighted by Crippen LogP contribution is -1.96. The molecule has 0 bridgehead atoms. The minimum Gasteiger partial charge on any atom is -0.398 e. The van der Waals surface area contributed by atoms with Gasteiger partial charge in [0, 0.05) is 17.3 Å². The first kappa shape index (κ1) is 13.2. The van der Waals surface area contributed by atoms with Crippen LogP contribution in [0.1, 0.15) is 5.56 Å². The van der Waals surface area contributed by atoms with Gasteiger partial charge < -0.3 is 11.1 Å². The number of nitrogen functional groups attached to an aromatic ring is 1. The second kappa shape index (κ2) is 5.31. The zero-order valence-electron chi connectivity index (χ0n) is 11.0. The van der Waals surface area contributed by atoms with Gasteiger partial charge in [-0.1, -0.05) is 11.6 Å². The van der Waals surface area contributed by atoms with Crippen molar-refractivity contribution in [3.8, 4) is 6.07 Å². The smallest absolute Gasteiger partial charge is 0.101 e.